The predicted molar refractivity (Wildman–Crippen MR) is 204 cm³/mol. The summed E-state index contributed by atoms with van der Waals surface area (Å²) in [6.07, 6.45) is 3.90. The van der Waals surface area contributed by atoms with Gasteiger partial charge in [0.1, 0.15) is 5.82 Å². The second kappa shape index (κ2) is 15.1. The molecule has 0 saturated heterocycles. The summed E-state index contributed by atoms with van der Waals surface area (Å²) in [5, 5.41) is 2.42. The van der Waals surface area contributed by atoms with E-state index in [0.717, 1.165) is 39.2 Å². The van der Waals surface area contributed by atoms with Gasteiger partial charge in [-0.05, 0) is 62.3 Å². The predicted octanol–water partition coefficient (Wildman–Crippen LogP) is 11.5. The summed E-state index contributed by atoms with van der Waals surface area (Å²) in [6.45, 7) is 0. The maximum Gasteiger partial charge on any atom is 0 e. The van der Waals surface area contributed by atoms with Crippen molar-refractivity contribution >= 4 is 49.2 Å². The van der Waals surface area contributed by atoms with Crippen molar-refractivity contribution in [3.8, 4) is 44.8 Å². The fourth-order valence-electron chi connectivity index (χ4n) is 5.68. The quantitative estimate of drug-likeness (QED) is 0.127. The summed E-state index contributed by atoms with van der Waals surface area (Å²) < 4.78 is 17.1. The largest absolute Gasteiger partial charge is 0 e. The molecular formula is C43H33FGeIrN2S-2. The normalized spacial score (nSPS) is 11.1. The number of hydrogen-bond acceptors (Lipinski definition) is 3. The van der Waals surface area contributed by atoms with Gasteiger partial charge < -0.3 is 4.98 Å². The molecule has 0 spiro atoms. The fourth-order valence-corrected chi connectivity index (χ4v) is 9.10. The van der Waals surface area contributed by atoms with Gasteiger partial charge in [0.25, 0.3) is 0 Å². The van der Waals surface area contributed by atoms with Crippen LogP contribution in [0, 0.1) is 17.9 Å². The number of halogens is 1. The van der Waals surface area contributed by atoms with Crippen molar-refractivity contribution in [1.82, 2.24) is 9.97 Å². The molecule has 3 heterocycles. The number of pyridine rings is 2. The summed E-state index contributed by atoms with van der Waals surface area (Å²) in [4.78, 5) is 9.20. The van der Waals surface area contributed by atoms with E-state index in [0.29, 0.717) is 0 Å². The van der Waals surface area contributed by atoms with E-state index >= 15 is 0 Å². The Morgan fingerprint density at radius 2 is 1.35 bits per heavy atom. The van der Waals surface area contributed by atoms with E-state index in [2.05, 4.69) is 94.0 Å². The van der Waals surface area contributed by atoms with Crippen molar-refractivity contribution in [3.05, 3.63) is 164 Å². The molecule has 0 aliphatic rings. The second-order valence-corrected chi connectivity index (χ2v) is 24.4. The van der Waals surface area contributed by atoms with Gasteiger partial charge in [0.05, 0.1) is 0 Å². The maximum absolute atomic E-state index is 13.3. The van der Waals surface area contributed by atoms with Crippen LogP contribution in [0.4, 0.5) is 4.39 Å². The van der Waals surface area contributed by atoms with Gasteiger partial charge in [-0.25, -0.2) is 4.39 Å². The van der Waals surface area contributed by atoms with Crippen LogP contribution in [-0.2, 0) is 20.1 Å². The standard InChI is InChI=1S/C29H17FNS.C14H16GeN.Ir/c30-23-12-9-20(10-13-23)21-11-14-24-25-7-4-8-26(29(25)32-28(24)18-21)27-17-22(15-16-31-27)19-5-2-1-3-6-19;1-15(2,3)13-9-10-14(16-11-13)12-7-5-4-6-8-12;/h1-7,9-18H;4-7,9-11H,1-3H3;/q2*-1;. The summed E-state index contributed by atoms with van der Waals surface area (Å²) in [7, 11) is 0. The number of nitrogens with zero attached hydrogens (tertiary/aromatic N) is 2. The Bertz CT molecular complexity index is 2320. The van der Waals surface area contributed by atoms with Crippen LogP contribution in [-0.4, -0.2) is 23.2 Å². The van der Waals surface area contributed by atoms with Gasteiger partial charge in [-0.1, -0.05) is 66.0 Å². The number of aromatic nitrogens is 2. The van der Waals surface area contributed by atoms with Crippen LogP contribution in [0.5, 0.6) is 0 Å². The molecular weight excluding hydrogens is 860 g/mol. The number of rotatable bonds is 5. The van der Waals surface area contributed by atoms with Gasteiger partial charge in [-0.15, -0.1) is 23.8 Å². The number of fused-ring (bicyclic) bond motifs is 3. The zero-order chi connectivity index (χ0) is 33.1. The van der Waals surface area contributed by atoms with E-state index < -0.39 is 13.3 Å². The van der Waals surface area contributed by atoms with Crippen LogP contribution in [0.3, 0.4) is 0 Å². The van der Waals surface area contributed by atoms with Crippen molar-refractivity contribution in [2.45, 2.75) is 17.3 Å². The molecule has 0 amide bonds. The molecule has 0 unspecified atom stereocenters. The SMILES string of the molecule is Fc1ccc(-c2ccc3c(c2)sc2c(-c4cc(-c5ccccc5)ccn4)[c-]ccc23)cc1.[CH3][Ge]([CH3])([CH3])[c]1ccc(-c2[c-]cccc2)nc1.[Ir]. The van der Waals surface area contributed by atoms with Crippen LogP contribution in [0.2, 0.25) is 17.3 Å². The fraction of sp³-hybridized carbons (Fsp3) is 0.0698. The molecule has 0 bridgehead atoms. The number of thiophene rings is 1. The maximum atomic E-state index is 13.3. The van der Waals surface area contributed by atoms with Crippen molar-refractivity contribution in [2.75, 3.05) is 0 Å². The Kier molecular flexibility index (Phi) is 10.7. The van der Waals surface area contributed by atoms with Crippen molar-refractivity contribution < 1.29 is 24.5 Å². The van der Waals surface area contributed by atoms with Crippen LogP contribution in [0.25, 0.3) is 64.9 Å². The minimum absolute atomic E-state index is 0. The molecule has 3 aromatic heterocycles. The molecule has 243 valence electrons. The van der Waals surface area contributed by atoms with Crippen molar-refractivity contribution in [2.24, 2.45) is 0 Å². The van der Waals surface area contributed by atoms with Crippen molar-refractivity contribution in [1.29, 1.82) is 0 Å². The molecule has 8 aromatic rings. The molecule has 5 aromatic carbocycles. The van der Waals surface area contributed by atoms with Gasteiger partial charge in [0, 0.05) is 31.0 Å². The van der Waals surface area contributed by atoms with E-state index in [1.807, 2.05) is 79.1 Å². The van der Waals surface area contributed by atoms with Gasteiger partial charge in [0.2, 0.25) is 0 Å². The van der Waals surface area contributed by atoms with Crippen LogP contribution in [0.1, 0.15) is 0 Å². The molecule has 0 fully saturated rings. The molecule has 0 saturated carbocycles. The Balaban J connectivity index is 0.000000208. The third-order valence-corrected chi connectivity index (χ3v) is 13.8. The summed E-state index contributed by atoms with van der Waals surface area (Å²) in [5.74, 6) is 6.92. The molecule has 0 aliphatic heterocycles. The van der Waals surface area contributed by atoms with Crippen LogP contribution >= 0.6 is 11.3 Å². The Morgan fingerprint density at radius 1 is 0.612 bits per heavy atom. The van der Waals surface area contributed by atoms with Gasteiger partial charge in [-0.3, -0.25) is 0 Å². The molecule has 49 heavy (non-hydrogen) atoms. The molecule has 0 aliphatic carbocycles. The topological polar surface area (TPSA) is 25.8 Å². The Hall–Kier alpha value is -4.26. The molecule has 0 N–H and O–H groups in total. The zero-order valence-electron chi connectivity index (χ0n) is 27.4. The summed E-state index contributed by atoms with van der Waals surface area (Å²) in [5.41, 5.74) is 8.41. The summed E-state index contributed by atoms with van der Waals surface area (Å²) >= 11 is 0.0356. The van der Waals surface area contributed by atoms with Gasteiger partial charge >= 0.3 is 99.8 Å². The Morgan fingerprint density at radius 3 is 2.06 bits per heavy atom. The first-order valence-electron chi connectivity index (χ1n) is 15.9. The Labute approximate surface area is 307 Å². The van der Waals surface area contributed by atoms with E-state index in [1.54, 1.807) is 11.3 Å². The monoisotopic (exact) mass is 895 g/mol. The average Bonchev–Trinajstić information content (AvgIpc) is 3.51. The summed E-state index contributed by atoms with van der Waals surface area (Å²) in [6, 6.07) is 50.6. The smallest absolute Gasteiger partial charge is 0 e. The zero-order valence-corrected chi connectivity index (χ0v) is 32.7. The van der Waals surface area contributed by atoms with E-state index in [1.165, 1.54) is 42.3 Å². The molecule has 6 heteroatoms. The molecule has 2 nitrogen and oxygen atoms in total. The first-order chi connectivity index (χ1) is 23.3. The number of hydrogen-bond donors (Lipinski definition) is 0. The minimum Gasteiger partial charge on any atom is 0 e. The average molecular weight is 894 g/mol. The first-order valence-corrected chi connectivity index (χ1v) is 24.1. The minimum atomic E-state index is -1.72. The van der Waals surface area contributed by atoms with E-state index in [4.69, 9.17) is 0 Å². The van der Waals surface area contributed by atoms with Crippen LogP contribution in [0.15, 0.2) is 146 Å². The van der Waals surface area contributed by atoms with Crippen molar-refractivity contribution in [3.63, 3.8) is 0 Å². The first kappa shape index (κ1) is 34.6. The number of benzene rings is 5. The molecule has 1 radical (unpaired) electrons. The van der Waals surface area contributed by atoms with Crippen LogP contribution < -0.4 is 4.40 Å². The molecule has 8 rings (SSSR count). The third kappa shape index (κ3) is 7.82. The van der Waals surface area contributed by atoms with E-state index in [9.17, 15) is 4.39 Å². The van der Waals surface area contributed by atoms with Gasteiger partial charge in [-0.2, -0.15) is 11.3 Å². The third-order valence-electron chi connectivity index (χ3n) is 8.35. The second-order valence-electron chi connectivity index (χ2n) is 12.7. The molecule has 0 atom stereocenters. The van der Waals surface area contributed by atoms with Gasteiger partial charge in [0.15, 0.2) is 0 Å². The van der Waals surface area contributed by atoms with E-state index in [-0.39, 0.29) is 25.9 Å².